The van der Waals surface area contributed by atoms with Gasteiger partial charge in [0.25, 0.3) is 0 Å². The molecule has 1 rings (SSSR count). The lowest BCUT2D eigenvalue weighted by Crippen LogP contribution is -2.24. The van der Waals surface area contributed by atoms with E-state index >= 15 is 0 Å². The van der Waals surface area contributed by atoms with E-state index in [1.807, 2.05) is 0 Å². The van der Waals surface area contributed by atoms with Gasteiger partial charge in [0.1, 0.15) is 5.82 Å². The van der Waals surface area contributed by atoms with Crippen molar-refractivity contribution in [3.8, 4) is 0 Å². The molecule has 5 heteroatoms. The van der Waals surface area contributed by atoms with Crippen molar-refractivity contribution in [1.82, 2.24) is 0 Å². The number of benzene rings is 1. The zero-order valence-corrected chi connectivity index (χ0v) is 8.12. The number of rotatable bonds is 2. The third-order valence-corrected chi connectivity index (χ3v) is 1.54. The highest BCUT2D eigenvalue weighted by atomic mass is 19.1. The van der Waals surface area contributed by atoms with Gasteiger partial charge in [-0.25, -0.2) is 9.18 Å². The van der Waals surface area contributed by atoms with E-state index in [1.54, 1.807) is 6.92 Å². The zero-order chi connectivity index (χ0) is 11.3. The number of ether oxygens (including phenoxy) is 1. The third-order valence-electron chi connectivity index (χ3n) is 1.54. The molecule has 0 unspecified atom stereocenters. The quantitative estimate of drug-likeness (QED) is 0.593. The van der Waals surface area contributed by atoms with Gasteiger partial charge >= 0.3 is 11.9 Å². The molecular formula is C10H10FNO3. The molecule has 80 valence electrons. The number of carbonyl (C=O) groups is 2. The Bertz CT molecular complexity index is 379. The Morgan fingerprint density at radius 2 is 2.20 bits per heavy atom. The standard InChI is InChI=1S/C10H10FNO3/c1-2-15-10(14)9(13)12-8-5-3-4-7(11)6-8/h3-6H,2H2,1H3,(H,12,13). The zero-order valence-electron chi connectivity index (χ0n) is 8.12. The maximum absolute atomic E-state index is 12.7. The number of esters is 1. The van der Waals surface area contributed by atoms with Crippen molar-refractivity contribution in [2.75, 3.05) is 11.9 Å². The fourth-order valence-electron chi connectivity index (χ4n) is 0.945. The van der Waals surface area contributed by atoms with E-state index in [9.17, 15) is 14.0 Å². The van der Waals surface area contributed by atoms with Crippen LogP contribution in [0, 0.1) is 5.82 Å². The molecule has 0 aliphatic rings. The normalized spacial score (nSPS) is 9.47. The summed E-state index contributed by atoms with van der Waals surface area (Å²) in [5.41, 5.74) is 0.216. The van der Waals surface area contributed by atoms with Crippen molar-refractivity contribution < 1.29 is 18.7 Å². The minimum Gasteiger partial charge on any atom is -0.459 e. The summed E-state index contributed by atoms with van der Waals surface area (Å²) in [6.07, 6.45) is 0. The molecule has 0 fully saturated rings. The molecule has 0 aliphatic heterocycles. The van der Waals surface area contributed by atoms with Crippen LogP contribution in [-0.4, -0.2) is 18.5 Å². The summed E-state index contributed by atoms with van der Waals surface area (Å²) in [6, 6.07) is 5.24. The van der Waals surface area contributed by atoms with Gasteiger partial charge in [-0.15, -0.1) is 0 Å². The largest absolute Gasteiger partial charge is 0.459 e. The summed E-state index contributed by atoms with van der Waals surface area (Å²) in [7, 11) is 0. The van der Waals surface area contributed by atoms with Gasteiger partial charge in [0.15, 0.2) is 0 Å². The molecule has 1 aromatic carbocycles. The Kier molecular flexibility index (Phi) is 3.79. The maximum Gasteiger partial charge on any atom is 0.397 e. The fourth-order valence-corrected chi connectivity index (χ4v) is 0.945. The van der Waals surface area contributed by atoms with Gasteiger partial charge in [0.2, 0.25) is 0 Å². The Morgan fingerprint density at radius 3 is 2.80 bits per heavy atom. The summed E-state index contributed by atoms with van der Waals surface area (Å²) < 4.78 is 17.2. The average Bonchev–Trinajstić information content (AvgIpc) is 2.18. The van der Waals surface area contributed by atoms with Crippen LogP contribution in [0.1, 0.15) is 6.92 Å². The van der Waals surface area contributed by atoms with Crippen LogP contribution in [0.4, 0.5) is 10.1 Å². The molecule has 0 saturated carbocycles. The van der Waals surface area contributed by atoms with Gasteiger partial charge in [0.05, 0.1) is 6.61 Å². The summed E-state index contributed by atoms with van der Waals surface area (Å²) in [5, 5.41) is 2.21. The molecule has 0 bridgehead atoms. The smallest absolute Gasteiger partial charge is 0.397 e. The van der Waals surface area contributed by atoms with Gasteiger partial charge in [0, 0.05) is 5.69 Å². The van der Waals surface area contributed by atoms with Crippen LogP contribution >= 0.6 is 0 Å². The summed E-state index contributed by atoms with van der Waals surface area (Å²) in [5.74, 6) is -2.39. The van der Waals surface area contributed by atoms with Crippen LogP contribution in [0.15, 0.2) is 24.3 Å². The molecule has 0 spiro atoms. The lowest BCUT2D eigenvalue weighted by atomic mass is 10.3. The van der Waals surface area contributed by atoms with Crippen molar-refractivity contribution in [3.05, 3.63) is 30.1 Å². The highest BCUT2D eigenvalue weighted by molar-refractivity contribution is 6.37. The van der Waals surface area contributed by atoms with Crippen molar-refractivity contribution in [3.63, 3.8) is 0 Å². The molecule has 0 aromatic heterocycles. The summed E-state index contributed by atoms with van der Waals surface area (Å²) in [4.78, 5) is 22.0. The highest BCUT2D eigenvalue weighted by Gasteiger charge is 2.14. The number of carbonyl (C=O) groups excluding carboxylic acids is 2. The van der Waals surface area contributed by atoms with Gasteiger partial charge in [-0.2, -0.15) is 0 Å². The molecule has 1 aromatic rings. The fraction of sp³-hybridized carbons (Fsp3) is 0.200. The van der Waals surface area contributed by atoms with Crippen LogP contribution in [0.2, 0.25) is 0 Å². The number of nitrogens with one attached hydrogen (secondary N) is 1. The molecular weight excluding hydrogens is 201 g/mol. The van der Waals surface area contributed by atoms with Crippen LogP contribution in [0.25, 0.3) is 0 Å². The van der Waals surface area contributed by atoms with Gasteiger partial charge in [-0.05, 0) is 25.1 Å². The van der Waals surface area contributed by atoms with E-state index in [0.29, 0.717) is 0 Å². The van der Waals surface area contributed by atoms with E-state index < -0.39 is 17.7 Å². The number of halogens is 1. The van der Waals surface area contributed by atoms with Crippen LogP contribution < -0.4 is 5.32 Å². The Labute approximate surface area is 86.0 Å². The first-order valence-electron chi connectivity index (χ1n) is 4.37. The molecule has 4 nitrogen and oxygen atoms in total. The number of amides is 1. The highest BCUT2D eigenvalue weighted by Crippen LogP contribution is 2.08. The van der Waals surface area contributed by atoms with E-state index in [-0.39, 0.29) is 12.3 Å². The van der Waals surface area contributed by atoms with Crippen LogP contribution in [-0.2, 0) is 14.3 Å². The molecule has 0 heterocycles. The van der Waals surface area contributed by atoms with Gasteiger partial charge in [-0.3, -0.25) is 4.79 Å². The second kappa shape index (κ2) is 5.09. The topological polar surface area (TPSA) is 55.4 Å². The van der Waals surface area contributed by atoms with E-state index in [0.717, 1.165) is 6.07 Å². The number of hydrogen-bond donors (Lipinski definition) is 1. The summed E-state index contributed by atoms with van der Waals surface area (Å²) >= 11 is 0. The minimum absolute atomic E-state index is 0.120. The number of anilines is 1. The van der Waals surface area contributed by atoms with Crippen molar-refractivity contribution in [1.29, 1.82) is 0 Å². The molecule has 15 heavy (non-hydrogen) atoms. The van der Waals surface area contributed by atoms with Crippen LogP contribution in [0.5, 0.6) is 0 Å². The third kappa shape index (κ3) is 3.38. The molecule has 0 saturated heterocycles. The Balaban J connectivity index is 2.62. The Morgan fingerprint density at radius 1 is 1.47 bits per heavy atom. The monoisotopic (exact) mass is 211 g/mol. The van der Waals surface area contributed by atoms with Gasteiger partial charge < -0.3 is 10.1 Å². The predicted molar refractivity (Wildman–Crippen MR) is 51.7 cm³/mol. The van der Waals surface area contributed by atoms with E-state index in [1.165, 1.54) is 18.2 Å². The first-order valence-corrected chi connectivity index (χ1v) is 4.37. The van der Waals surface area contributed by atoms with Gasteiger partial charge in [-0.1, -0.05) is 6.07 Å². The molecule has 1 N–H and O–H groups in total. The van der Waals surface area contributed by atoms with Crippen LogP contribution in [0.3, 0.4) is 0 Å². The maximum atomic E-state index is 12.7. The number of hydrogen-bond acceptors (Lipinski definition) is 3. The van der Waals surface area contributed by atoms with Crippen molar-refractivity contribution >= 4 is 17.6 Å². The molecule has 0 aliphatic carbocycles. The Hall–Kier alpha value is -1.91. The van der Waals surface area contributed by atoms with E-state index in [2.05, 4.69) is 10.1 Å². The second-order valence-corrected chi connectivity index (χ2v) is 2.68. The molecule has 0 radical (unpaired) electrons. The van der Waals surface area contributed by atoms with E-state index in [4.69, 9.17) is 0 Å². The average molecular weight is 211 g/mol. The first kappa shape index (κ1) is 11.2. The summed E-state index contributed by atoms with van der Waals surface area (Å²) in [6.45, 7) is 1.71. The molecule has 0 atom stereocenters. The van der Waals surface area contributed by atoms with Crippen molar-refractivity contribution in [2.24, 2.45) is 0 Å². The first-order chi connectivity index (χ1) is 7.13. The lowest BCUT2D eigenvalue weighted by molar-refractivity contribution is -0.152. The van der Waals surface area contributed by atoms with Crippen molar-refractivity contribution in [2.45, 2.75) is 6.92 Å². The second-order valence-electron chi connectivity index (χ2n) is 2.68. The predicted octanol–water partition coefficient (Wildman–Crippen LogP) is 1.33. The SMILES string of the molecule is CCOC(=O)C(=O)Nc1cccc(F)c1. The lowest BCUT2D eigenvalue weighted by Gasteiger charge is -2.03. The minimum atomic E-state index is -0.984. The molecule has 1 amide bonds.